The molecule has 7 heteroatoms. The van der Waals surface area contributed by atoms with Gasteiger partial charge in [-0.05, 0) is 31.5 Å². The molecule has 0 radical (unpaired) electrons. The van der Waals surface area contributed by atoms with E-state index in [0.29, 0.717) is 0 Å². The van der Waals surface area contributed by atoms with Crippen molar-refractivity contribution in [1.29, 1.82) is 0 Å². The number of carbonyl (C=O) groups is 1. The summed E-state index contributed by atoms with van der Waals surface area (Å²) in [5.41, 5.74) is 0.851. The van der Waals surface area contributed by atoms with Crippen LogP contribution in [0.3, 0.4) is 0 Å². The molecule has 0 saturated carbocycles. The smallest absolute Gasteiger partial charge is 0.321 e. The first-order valence-electron chi connectivity index (χ1n) is 5.28. The third-order valence-corrected chi connectivity index (χ3v) is 3.97. The van der Waals surface area contributed by atoms with Gasteiger partial charge in [0.25, 0.3) is 0 Å². The van der Waals surface area contributed by atoms with Gasteiger partial charge in [-0.25, -0.2) is 8.42 Å². The first-order chi connectivity index (χ1) is 8.36. The van der Waals surface area contributed by atoms with Gasteiger partial charge in [0.1, 0.15) is 11.4 Å². The van der Waals surface area contributed by atoms with E-state index in [2.05, 4.69) is 9.46 Å². The Kier molecular flexibility index (Phi) is 5.13. The Morgan fingerprint density at radius 3 is 2.67 bits per heavy atom. The summed E-state index contributed by atoms with van der Waals surface area (Å²) < 4.78 is 30.5. The molecule has 0 aliphatic rings. The standard InChI is InChI=1S/C11H14ClNO4S/c1-3-17-11(14)7-13-18(15,16)10-5-4-8(2)6-9(10)12/h4-6,13H,3,7H2,1-2H3. The molecule has 1 N–H and O–H groups in total. The molecular formula is C11H14ClNO4S. The summed E-state index contributed by atoms with van der Waals surface area (Å²) in [7, 11) is -3.80. The van der Waals surface area contributed by atoms with E-state index in [-0.39, 0.29) is 16.5 Å². The second-order valence-electron chi connectivity index (χ2n) is 3.56. The summed E-state index contributed by atoms with van der Waals surface area (Å²) in [6.07, 6.45) is 0. The Morgan fingerprint density at radius 2 is 2.11 bits per heavy atom. The second kappa shape index (κ2) is 6.17. The van der Waals surface area contributed by atoms with E-state index >= 15 is 0 Å². The molecule has 0 aromatic heterocycles. The van der Waals surface area contributed by atoms with Crippen LogP contribution in [-0.4, -0.2) is 27.5 Å². The van der Waals surface area contributed by atoms with Gasteiger partial charge in [-0.15, -0.1) is 0 Å². The van der Waals surface area contributed by atoms with Gasteiger partial charge >= 0.3 is 5.97 Å². The van der Waals surface area contributed by atoms with Gasteiger partial charge in [0.2, 0.25) is 10.0 Å². The van der Waals surface area contributed by atoms with Crippen molar-refractivity contribution in [3.05, 3.63) is 28.8 Å². The van der Waals surface area contributed by atoms with E-state index in [4.69, 9.17) is 11.6 Å². The topological polar surface area (TPSA) is 72.5 Å². The van der Waals surface area contributed by atoms with Gasteiger partial charge in [-0.3, -0.25) is 4.79 Å². The molecule has 1 aromatic carbocycles. The van der Waals surface area contributed by atoms with Gasteiger partial charge in [-0.2, -0.15) is 4.72 Å². The number of nitrogens with one attached hydrogen (secondary N) is 1. The van der Waals surface area contributed by atoms with Gasteiger partial charge in [0.05, 0.1) is 11.6 Å². The summed E-state index contributed by atoms with van der Waals surface area (Å²) >= 11 is 5.86. The highest BCUT2D eigenvalue weighted by atomic mass is 35.5. The number of hydrogen-bond acceptors (Lipinski definition) is 4. The number of halogens is 1. The minimum absolute atomic E-state index is 0.0564. The molecule has 0 aliphatic heterocycles. The number of ether oxygens (including phenoxy) is 1. The predicted molar refractivity (Wildman–Crippen MR) is 68.0 cm³/mol. The van der Waals surface area contributed by atoms with Crippen molar-refractivity contribution >= 4 is 27.6 Å². The molecule has 0 fully saturated rings. The summed E-state index contributed by atoms with van der Waals surface area (Å²) in [6.45, 7) is 3.23. The minimum Gasteiger partial charge on any atom is -0.465 e. The minimum atomic E-state index is -3.80. The van der Waals surface area contributed by atoms with Crippen molar-refractivity contribution in [2.75, 3.05) is 13.2 Å². The molecule has 0 heterocycles. The molecule has 0 saturated heterocycles. The fourth-order valence-corrected chi connectivity index (χ4v) is 2.83. The number of hydrogen-bond donors (Lipinski definition) is 1. The van der Waals surface area contributed by atoms with Gasteiger partial charge in [0, 0.05) is 0 Å². The van der Waals surface area contributed by atoms with Crippen molar-refractivity contribution in [2.45, 2.75) is 18.7 Å². The molecule has 0 atom stereocenters. The van der Waals surface area contributed by atoms with Crippen molar-refractivity contribution in [3.63, 3.8) is 0 Å². The van der Waals surface area contributed by atoms with Gasteiger partial charge in [-0.1, -0.05) is 17.7 Å². The lowest BCUT2D eigenvalue weighted by atomic mass is 10.2. The Morgan fingerprint density at radius 1 is 1.44 bits per heavy atom. The molecule has 0 amide bonds. The van der Waals surface area contributed by atoms with Crippen molar-refractivity contribution in [1.82, 2.24) is 4.72 Å². The SMILES string of the molecule is CCOC(=O)CNS(=O)(=O)c1ccc(C)cc1Cl. The molecule has 5 nitrogen and oxygen atoms in total. The number of esters is 1. The normalized spacial score (nSPS) is 11.3. The Labute approximate surface area is 111 Å². The molecule has 0 aliphatic carbocycles. The van der Waals surface area contributed by atoms with E-state index in [1.54, 1.807) is 26.0 Å². The van der Waals surface area contributed by atoms with E-state index in [9.17, 15) is 13.2 Å². The van der Waals surface area contributed by atoms with E-state index in [0.717, 1.165) is 5.56 Å². The average Bonchev–Trinajstić information content (AvgIpc) is 2.26. The zero-order valence-corrected chi connectivity index (χ0v) is 11.6. The Balaban J connectivity index is 2.83. The lowest BCUT2D eigenvalue weighted by molar-refractivity contribution is -0.141. The van der Waals surface area contributed by atoms with Crippen molar-refractivity contribution in [3.8, 4) is 0 Å². The first kappa shape index (κ1) is 14.9. The van der Waals surface area contributed by atoms with Crippen LogP contribution < -0.4 is 4.72 Å². The van der Waals surface area contributed by atoms with Crippen molar-refractivity contribution < 1.29 is 17.9 Å². The number of sulfonamides is 1. The number of benzene rings is 1. The first-order valence-corrected chi connectivity index (χ1v) is 7.14. The molecule has 0 spiro atoms. The zero-order valence-electron chi connectivity index (χ0n) is 10.1. The summed E-state index contributed by atoms with van der Waals surface area (Å²) in [5, 5.41) is 0.117. The predicted octanol–water partition coefficient (Wildman–Crippen LogP) is 1.49. The molecular weight excluding hydrogens is 278 g/mol. The summed E-state index contributed by atoms with van der Waals surface area (Å²) in [5.74, 6) is -0.635. The fraction of sp³-hybridized carbons (Fsp3) is 0.364. The molecule has 0 unspecified atom stereocenters. The average molecular weight is 292 g/mol. The largest absolute Gasteiger partial charge is 0.465 e. The van der Waals surface area contributed by atoms with Crippen LogP contribution in [0.15, 0.2) is 23.1 Å². The van der Waals surface area contributed by atoms with Crippen LogP contribution in [0.4, 0.5) is 0 Å². The van der Waals surface area contributed by atoms with Crippen LogP contribution >= 0.6 is 11.6 Å². The van der Waals surface area contributed by atoms with Crippen LogP contribution in [0.5, 0.6) is 0 Å². The van der Waals surface area contributed by atoms with E-state index < -0.39 is 22.5 Å². The maximum atomic E-state index is 11.9. The highest BCUT2D eigenvalue weighted by Gasteiger charge is 2.19. The number of carbonyl (C=O) groups excluding carboxylic acids is 1. The third-order valence-electron chi connectivity index (χ3n) is 2.09. The molecule has 18 heavy (non-hydrogen) atoms. The van der Waals surface area contributed by atoms with E-state index in [1.807, 2.05) is 0 Å². The fourth-order valence-electron chi connectivity index (χ4n) is 1.27. The number of aryl methyl sites for hydroxylation is 1. The van der Waals surface area contributed by atoms with Crippen LogP contribution in [-0.2, 0) is 19.6 Å². The monoisotopic (exact) mass is 291 g/mol. The lowest BCUT2D eigenvalue weighted by Crippen LogP contribution is -2.30. The quantitative estimate of drug-likeness (QED) is 0.834. The molecule has 0 bridgehead atoms. The van der Waals surface area contributed by atoms with Crippen LogP contribution in [0, 0.1) is 6.92 Å². The maximum absolute atomic E-state index is 11.9. The van der Waals surface area contributed by atoms with Gasteiger partial charge in [0.15, 0.2) is 0 Å². The Bertz CT molecular complexity index is 542. The lowest BCUT2D eigenvalue weighted by Gasteiger charge is -2.08. The molecule has 100 valence electrons. The molecule has 1 rings (SSSR count). The van der Waals surface area contributed by atoms with Gasteiger partial charge < -0.3 is 4.74 Å². The molecule has 1 aromatic rings. The van der Waals surface area contributed by atoms with Crippen LogP contribution in [0.2, 0.25) is 5.02 Å². The highest BCUT2D eigenvalue weighted by molar-refractivity contribution is 7.89. The van der Waals surface area contributed by atoms with E-state index in [1.165, 1.54) is 6.07 Å². The maximum Gasteiger partial charge on any atom is 0.321 e. The zero-order chi connectivity index (χ0) is 13.8. The highest BCUT2D eigenvalue weighted by Crippen LogP contribution is 2.21. The number of rotatable bonds is 5. The third kappa shape index (κ3) is 3.97. The van der Waals surface area contributed by atoms with Crippen molar-refractivity contribution in [2.24, 2.45) is 0 Å². The second-order valence-corrected chi connectivity index (χ2v) is 5.71. The van der Waals surface area contributed by atoms with Crippen LogP contribution in [0.1, 0.15) is 12.5 Å². The summed E-state index contributed by atoms with van der Waals surface area (Å²) in [6, 6.07) is 4.57. The summed E-state index contributed by atoms with van der Waals surface area (Å²) in [4.78, 5) is 11.0. The Hall–Kier alpha value is -1.11. The van der Waals surface area contributed by atoms with Crippen LogP contribution in [0.25, 0.3) is 0 Å².